The van der Waals surface area contributed by atoms with E-state index in [0.717, 1.165) is 24.5 Å². The molecule has 1 unspecified atom stereocenters. The summed E-state index contributed by atoms with van der Waals surface area (Å²) < 4.78 is 0. The second kappa shape index (κ2) is 7.54. The van der Waals surface area contributed by atoms with Gasteiger partial charge in [-0.15, -0.1) is 0 Å². The Morgan fingerprint density at radius 1 is 1.23 bits per heavy atom. The molecule has 1 N–H and O–H groups in total. The Hall–Kier alpha value is -2.43. The van der Waals surface area contributed by atoms with Crippen LogP contribution in [0.5, 0.6) is 0 Å². The number of hydrogen-bond acceptors (Lipinski definition) is 4. The van der Waals surface area contributed by atoms with Gasteiger partial charge in [-0.2, -0.15) is 0 Å². The average Bonchev–Trinajstić information content (AvgIpc) is 2.56. The van der Waals surface area contributed by atoms with E-state index in [1.54, 1.807) is 6.07 Å². The van der Waals surface area contributed by atoms with Gasteiger partial charge >= 0.3 is 0 Å². The van der Waals surface area contributed by atoms with E-state index in [9.17, 15) is 4.79 Å². The number of carbonyl (C=O) groups excluding carboxylic acids is 1. The van der Waals surface area contributed by atoms with Gasteiger partial charge in [-0.3, -0.25) is 4.79 Å². The summed E-state index contributed by atoms with van der Waals surface area (Å²) in [6, 6.07) is 11.8. The molecule has 2 rings (SSSR count). The van der Waals surface area contributed by atoms with E-state index in [1.807, 2.05) is 56.0 Å². The van der Waals surface area contributed by atoms with E-state index in [-0.39, 0.29) is 11.9 Å². The Bertz CT molecular complexity index is 615. The fourth-order valence-electron chi connectivity index (χ4n) is 2.10. The molecular formula is C17H22N4O. The summed E-state index contributed by atoms with van der Waals surface area (Å²) >= 11 is 0. The van der Waals surface area contributed by atoms with Crippen LogP contribution in [-0.4, -0.2) is 28.5 Å². The first-order valence-electron chi connectivity index (χ1n) is 7.61. The van der Waals surface area contributed by atoms with Crippen LogP contribution in [0.15, 0.2) is 42.7 Å². The molecule has 2 aromatic rings. The van der Waals surface area contributed by atoms with Crippen LogP contribution in [0.25, 0.3) is 0 Å². The lowest BCUT2D eigenvalue weighted by molar-refractivity contribution is 0.0934. The highest BCUT2D eigenvalue weighted by molar-refractivity contribution is 5.93. The van der Waals surface area contributed by atoms with E-state index >= 15 is 0 Å². The van der Waals surface area contributed by atoms with Crippen molar-refractivity contribution in [1.29, 1.82) is 0 Å². The molecule has 1 aromatic heterocycles. The molecule has 1 aromatic carbocycles. The second-order valence-electron chi connectivity index (χ2n) is 5.12. The number of amides is 1. The number of carbonyl (C=O) groups is 1. The zero-order valence-electron chi connectivity index (χ0n) is 13.3. The number of aromatic nitrogens is 2. The Labute approximate surface area is 131 Å². The molecule has 116 valence electrons. The fraction of sp³-hybridized carbons (Fsp3) is 0.353. The smallest absolute Gasteiger partial charge is 0.270 e. The summed E-state index contributed by atoms with van der Waals surface area (Å²) in [4.78, 5) is 22.6. The van der Waals surface area contributed by atoms with Gasteiger partial charge in [0.2, 0.25) is 0 Å². The predicted molar refractivity (Wildman–Crippen MR) is 88.4 cm³/mol. The van der Waals surface area contributed by atoms with Gasteiger partial charge in [0.15, 0.2) is 0 Å². The molecule has 22 heavy (non-hydrogen) atoms. The fourth-order valence-corrected chi connectivity index (χ4v) is 2.10. The minimum Gasteiger partial charge on any atom is -0.348 e. The van der Waals surface area contributed by atoms with Crippen LogP contribution >= 0.6 is 0 Å². The number of nitrogens with one attached hydrogen (secondary N) is 1. The third-order valence-electron chi connectivity index (χ3n) is 3.54. The lowest BCUT2D eigenvalue weighted by Crippen LogP contribution is -2.32. The van der Waals surface area contributed by atoms with Crippen LogP contribution in [0, 0.1) is 0 Å². The van der Waals surface area contributed by atoms with E-state index < -0.39 is 0 Å². The van der Waals surface area contributed by atoms with Crippen molar-refractivity contribution >= 4 is 17.4 Å². The number of hydrogen-bond donors (Lipinski definition) is 1. The molecule has 5 heteroatoms. The lowest BCUT2D eigenvalue weighted by Gasteiger charge is -2.22. The summed E-state index contributed by atoms with van der Waals surface area (Å²) in [5, 5.41) is 2.92. The summed E-state index contributed by atoms with van der Waals surface area (Å²) in [6.45, 7) is 6.81. The van der Waals surface area contributed by atoms with Gasteiger partial charge < -0.3 is 10.2 Å². The number of benzene rings is 1. The Kier molecular flexibility index (Phi) is 5.47. The van der Waals surface area contributed by atoms with Crippen LogP contribution in [-0.2, 0) is 0 Å². The van der Waals surface area contributed by atoms with E-state index in [2.05, 4.69) is 15.3 Å². The van der Waals surface area contributed by atoms with Crippen molar-refractivity contribution in [3.63, 3.8) is 0 Å². The van der Waals surface area contributed by atoms with Gasteiger partial charge in [-0.05, 0) is 32.4 Å². The molecule has 0 aliphatic heterocycles. The van der Waals surface area contributed by atoms with Crippen LogP contribution in [0.3, 0.4) is 0 Å². The maximum absolute atomic E-state index is 12.2. The largest absolute Gasteiger partial charge is 0.348 e. The van der Waals surface area contributed by atoms with Crippen molar-refractivity contribution in [2.75, 3.05) is 11.4 Å². The molecule has 0 saturated carbocycles. The molecule has 1 atom stereocenters. The van der Waals surface area contributed by atoms with Gasteiger partial charge in [0.25, 0.3) is 5.91 Å². The number of rotatable bonds is 6. The van der Waals surface area contributed by atoms with E-state index in [4.69, 9.17) is 0 Å². The minimum absolute atomic E-state index is 0.127. The van der Waals surface area contributed by atoms with Crippen LogP contribution in [0.1, 0.15) is 37.7 Å². The van der Waals surface area contributed by atoms with Crippen molar-refractivity contribution in [3.8, 4) is 0 Å². The number of para-hydroxylation sites is 1. The summed E-state index contributed by atoms with van der Waals surface area (Å²) in [7, 11) is 0. The molecule has 0 bridgehead atoms. The molecule has 0 spiro atoms. The van der Waals surface area contributed by atoms with Gasteiger partial charge in [0, 0.05) is 24.3 Å². The first kappa shape index (κ1) is 15.9. The molecule has 0 saturated heterocycles. The lowest BCUT2D eigenvalue weighted by atomic mass is 10.2. The summed E-state index contributed by atoms with van der Waals surface area (Å²) in [6.07, 6.45) is 2.32. The molecule has 1 heterocycles. The average molecular weight is 298 g/mol. The Morgan fingerprint density at radius 3 is 2.59 bits per heavy atom. The normalized spacial score (nSPS) is 11.8. The quantitative estimate of drug-likeness (QED) is 0.890. The van der Waals surface area contributed by atoms with Crippen molar-refractivity contribution in [1.82, 2.24) is 15.3 Å². The summed E-state index contributed by atoms with van der Waals surface area (Å²) in [5.41, 5.74) is 1.43. The zero-order valence-corrected chi connectivity index (χ0v) is 13.3. The monoisotopic (exact) mass is 298 g/mol. The van der Waals surface area contributed by atoms with Gasteiger partial charge in [-0.1, -0.05) is 25.1 Å². The van der Waals surface area contributed by atoms with Crippen molar-refractivity contribution in [2.24, 2.45) is 0 Å². The summed E-state index contributed by atoms with van der Waals surface area (Å²) in [5.74, 6) is 0.556. The predicted octanol–water partition coefficient (Wildman–Crippen LogP) is 3.16. The number of anilines is 2. The molecule has 0 aliphatic carbocycles. The van der Waals surface area contributed by atoms with Crippen LogP contribution in [0.4, 0.5) is 11.5 Å². The van der Waals surface area contributed by atoms with Crippen LogP contribution in [0.2, 0.25) is 0 Å². The highest BCUT2D eigenvalue weighted by Gasteiger charge is 2.14. The maximum atomic E-state index is 12.2. The van der Waals surface area contributed by atoms with Crippen LogP contribution < -0.4 is 10.2 Å². The molecular weight excluding hydrogens is 276 g/mol. The Morgan fingerprint density at radius 2 is 1.95 bits per heavy atom. The molecule has 0 radical (unpaired) electrons. The van der Waals surface area contributed by atoms with Gasteiger partial charge in [-0.25, -0.2) is 9.97 Å². The second-order valence-corrected chi connectivity index (χ2v) is 5.12. The molecule has 1 amide bonds. The maximum Gasteiger partial charge on any atom is 0.270 e. The molecule has 0 fully saturated rings. The zero-order chi connectivity index (χ0) is 15.9. The van der Waals surface area contributed by atoms with Crippen molar-refractivity contribution < 1.29 is 4.79 Å². The number of nitrogens with zero attached hydrogens (tertiary/aromatic N) is 3. The minimum atomic E-state index is -0.165. The highest BCUT2D eigenvalue weighted by atomic mass is 16.1. The molecule has 0 aliphatic rings. The van der Waals surface area contributed by atoms with E-state index in [1.165, 1.54) is 6.33 Å². The highest BCUT2D eigenvalue weighted by Crippen LogP contribution is 2.22. The van der Waals surface area contributed by atoms with Gasteiger partial charge in [0.05, 0.1) is 0 Å². The Balaban J connectivity index is 2.25. The van der Waals surface area contributed by atoms with Gasteiger partial charge in [0.1, 0.15) is 17.8 Å². The third-order valence-corrected chi connectivity index (χ3v) is 3.54. The van der Waals surface area contributed by atoms with Crippen molar-refractivity contribution in [3.05, 3.63) is 48.4 Å². The van der Waals surface area contributed by atoms with Crippen molar-refractivity contribution in [2.45, 2.75) is 33.2 Å². The first-order valence-corrected chi connectivity index (χ1v) is 7.61. The van der Waals surface area contributed by atoms with E-state index in [0.29, 0.717) is 5.69 Å². The SMILES string of the molecule is CCC(C)NC(=O)c1cc(N(CC)c2ccccc2)ncn1. The first-order chi connectivity index (χ1) is 10.7. The third kappa shape index (κ3) is 3.81. The topological polar surface area (TPSA) is 58.1 Å². The molecule has 5 nitrogen and oxygen atoms in total. The standard InChI is InChI=1S/C17H22N4O/c1-4-13(3)20-17(22)15-11-16(19-12-18-15)21(5-2)14-9-7-6-8-10-14/h6-13H,4-5H2,1-3H3,(H,20,22).